The summed E-state index contributed by atoms with van der Waals surface area (Å²) < 4.78 is 11.7. The van der Waals surface area contributed by atoms with Gasteiger partial charge < -0.3 is 14.8 Å². The second-order valence-corrected chi connectivity index (χ2v) is 6.24. The van der Waals surface area contributed by atoms with Gasteiger partial charge in [0.2, 0.25) is 5.88 Å². The lowest BCUT2D eigenvalue weighted by molar-refractivity contribution is -0.384. The molecule has 0 aliphatic carbocycles. The molecule has 11 heteroatoms. The van der Waals surface area contributed by atoms with E-state index in [9.17, 15) is 14.9 Å². The summed E-state index contributed by atoms with van der Waals surface area (Å²) in [6.45, 7) is 2.78. The first-order chi connectivity index (χ1) is 14.5. The lowest BCUT2D eigenvalue weighted by Crippen LogP contribution is -2.24. The Morgan fingerprint density at radius 2 is 2.10 bits per heavy atom. The highest BCUT2D eigenvalue weighted by Gasteiger charge is 2.18. The molecule has 0 bridgehead atoms. The molecule has 2 heterocycles. The Morgan fingerprint density at radius 1 is 1.27 bits per heavy atom. The molecule has 1 aromatic carbocycles. The summed E-state index contributed by atoms with van der Waals surface area (Å²) in [5, 5.41) is 21.6. The molecule has 0 atom stereocenters. The monoisotopic (exact) mass is 412 g/mol. The van der Waals surface area contributed by atoms with Crippen LogP contribution >= 0.6 is 0 Å². The minimum atomic E-state index is -0.495. The number of carbonyl (C=O) groups is 1. The second-order valence-electron chi connectivity index (χ2n) is 6.24. The van der Waals surface area contributed by atoms with Crippen LogP contribution < -0.4 is 10.1 Å². The van der Waals surface area contributed by atoms with Gasteiger partial charge in [0.1, 0.15) is 6.61 Å². The zero-order valence-corrected chi connectivity index (χ0v) is 16.4. The standard InChI is InChI=1S/C19H20N6O5/c1-13-18(22-23-24(13)15-4-3-5-16(10-15)25(27)28)19(26)21-12-14-6-7-17(20-11-14)30-9-8-29-2/h3-7,10-11H,8-9,12H2,1-2H3,(H,21,26). The predicted octanol–water partition coefficient (Wildman–Crippen LogP) is 1.83. The molecule has 0 saturated heterocycles. The first-order valence-corrected chi connectivity index (χ1v) is 9.01. The number of hydrogen-bond acceptors (Lipinski definition) is 8. The molecule has 0 aliphatic heterocycles. The number of ether oxygens (including phenoxy) is 2. The summed E-state index contributed by atoms with van der Waals surface area (Å²) in [5.74, 6) is 0.0578. The van der Waals surface area contributed by atoms with Gasteiger partial charge in [0.15, 0.2) is 5.69 Å². The van der Waals surface area contributed by atoms with Gasteiger partial charge in [0.25, 0.3) is 11.6 Å². The van der Waals surface area contributed by atoms with Gasteiger partial charge in [-0.3, -0.25) is 14.9 Å². The van der Waals surface area contributed by atoms with Crippen molar-refractivity contribution in [1.29, 1.82) is 0 Å². The van der Waals surface area contributed by atoms with Crippen LogP contribution in [0.3, 0.4) is 0 Å². The molecule has 0 aliphatic rings. The van der Waals surface area contributed by atoms with Crippen molar-refractivity contribution in [2.24, 2.45) is 0 Å². The fourth-order valence-electron chi connectivity index (χ4n) is 2.62. The second kappa shape index (κ2) is 9.56. The summed E-state index contributed by atoms with van der Waals surface area (Å²) in [5.41, 5.74) is 1.75. The molecule has 0 fully saturated rings. The van der Waals surface area contributed by atoms with Gasteiger partial charge in [0.05, 0.1) is 22.9 Å². The number of carbonyl (C=O) groups excluding carboxylic acids is 1. The van der Waals surface area contributed by atoms with Gasteiger partial charge in [-0.25, -0.2) is 9.67 Å². The van der Waals surface area contributed by atoms with Crippen molar-refractivity contribution in [1.82, 2.24) is 25.3 Å². The number of nitro groups is 1. The maximum Gasteiger partial charge on any atom is 0.274 e. The number of benzene rings is 1. The van der Waals surface area contributed by atoms with E-state index in [0.29, 0.717) is 30.5 Å². The number of hydrogen-bond donors (Lipinski definition) is 1. The van der Waals surface area contributed by atoms with Crippen LogP contribution in [-0.2, 0) is 11.3 Å². The van der Waals surface area contributed by atoms with Crippen LogP contribution in [0.2, 0.25) is 0 Å². The topological polar surface area (TPSA) is 134 Å². The van der Waals surface area contributed by atoms with E-state index in [1.54, 1.807) is 44.5 Å². The highest BCUT2D eigenvalue weighted by molar-refractivity contribution is 5.93. The quantitative estimate of drug-likeness (QED) is 0.320. The van der Waals surface area contributed by atoms with Crippen LogP contribution in [0.1, 0.15) is 21.7 Å². The van der Waals surface area contributed by atoms with Gasteiger partial charge in [-0.2, -0.15) is 0 Å². The van der Waals surface area contributed by atoms with Crippen LogP contribution in [0, 0.1) is 17.0 Å². The molecule has 2 aromatic heterocycles. The Labute approximate surface area is 171 Å². The Morgan fingerprint density at radius 3 is 2.80 bits per heavy atom. The third kappa shape index (κ3) is 4.94. The summed E-state index contributed by atoms with van der Waals surface area (Å²) in [6, 6.07) is 9.45. The number of aromatic nitrogens is 4. The van der Waals surface area contributed by atoms with Crippen molar-refractivity contribution in [2.45, 2.75) is 13.5 Å². The third-order valence-electron chi connectivity index (χ3n) is 4.18. The normalized spacial score (nSPS) is 10.6. The molecule has 0 unspecified atom stereocenters. The van der Waals surface area contributed by atoms with E-state index in [0.717, 1.165) is 5.56 Å². The zero-order chi connectivity index (χ0) is 21.5. The highest BCUT2D eigenvalue weighted by atomic mass is 16.6. The van der Waals surface area contributed by atoms with Gasteiger partial charge in [-0.1, -0.05) is 17.3 Å². The molecule has 11 nitrogen and oxygen atoms in total. The molecule has 0 saturated carbocycles. The molecule has 156 valence electrons. The maximum absolute atomic E-state index is 12.5. The van der Waals surface area contributed by atoms with E-state index in [1.807, 2.05) is 0 Å². The summed E-state index contributed by atoms with van der Waals surface area (Å²) >= 11 is 0. The Hall–Kier alpha value is -3.86. The third-order valence-corrected chi connectivity index (χ3v) is 4.18. The first kappa shape index (κ1) is 20.9. The number of pyridine rings is 1. The summed E-state index contributed by atoms with van der Waals surface area (Å²) in [7, 11) is 1.59. The fourth-order valence-corrected chi connectivity index (χ4v) is 2.62. The van der Waals surface area contributed by atoms with Crippen molar-refractivity contribution in [3.05, 3.63) is 69.7 Å². The molecule has 0 radical (unpaired) electrons. The first-order valence-electron chi connectivity index (χ1n) is 9.01. The molecular formula is C19H20N6O5. The number of nitrogens with zero attached hydrogens (tertiary/aromatic N) is 5. The van der Waals surface area contributed by atoms with Gasteiger partial charge >= 0.3 is 0 Å². The van der Waals surface area contributed by atoms with Crippen LogP contribution in [0.15, 0.2) is 42.6 Å². The van der Waals surface area contributed by atoms with Crippen LogP contribution in [0.4, 0.5) is 5.69 Å². The minimum Gasteiger partial charge on any atom is -0.475 e. The lowest BCUT2D eigenvalue weighted by Gasteiger charge is -2.07. The molecule has 30 heavy (non-hydrogen) atoms. The Kier molecular flexibility index (Phi) is 6.65. The van der Waals surface area contributed by atoms with Crippen LogP contribution in [0.25, 0.3) is 5.69 Å². The van der Waals surface area contributed by atoms with E-state index >= 15 is 0 Å². The highest BCUT2D eigenvalue weighted by Crippen LogP contribution is 2.18. The van der Waals surface area contributed by atoms with Gasteiger partial charge in [-0.15, -0.1) is 5.10 Å². The smallest absolute Gasteiger partial charge is 0.274 e. The average Bonchev–Trinajstić information content (AvgIpc) is 3.14. The largest absolute Gasteiger partial charge is 0.475 e. The number of nitrogens with one attached hydrogen (secondary N) is 1. The van der Waals surface area contributed by atoms with E-state index in [1.165, 1.54) is 16.8 Å². The predicted molar refractivity (Wildman–Crippen MR) is 106 cm³/mol. The number of amides is 1. The maximum atomic E-state index is 12.5. The van der Waals surface area contributed by atoms with Crippen LogP contribution in [-0.4, -0.2) is 51.1 Å². The molecule has 3 rings (SSSR count). The SMILES string of the molecule is COCCOc1ccc(CNC(=O)c2nnn(-c3cccc([N+](=O)[O-])c3)c2C)cn1. The van der Waals surface area contributed by atoms with E-state index in [-0.39, 0.29) is 17.9 Å². The van der Waals surface area contributed by atoms with Crippen molar-refractivity contribution >= 4 is 11.6 Å². The molecule has 0 spiro atoms. The Bertz CT molecular complexity index is 1030. The number of nitro benzene ring substituents is 1. The lowest BCUT2D eigenvalue weighted by atomic mass is 10.2. The Balaban J connectivity index is 1.64. The van der Waals surface area contributed by atoms with Crippen LogP contribution in [0.5, 0.6) is 5.88 Å². The minimum absolute atomic E-state index is 0.0736. The van der Waals surface area contributed by atoms with Crippen molar-refractivity contribution in [2.75, 3.05) is 20.3 Å². The summed E-state index contributed by atoms with van der Waals surface area (Å²) in [4.78, 5) is 27.1. The molecule has 1 amide bonds. The molecular weight excluding hydrogens is 392 g/mol. The van der Waals surface area contributed by atoms with Crippen molar-refractivity contribution in [3.63, 3.8) is 0 Å². The molecule has 1 N–H and O–H groups in total. The number of rotatable bonds is 9. The number of non-ortho nitro benzene ring substituents is 1. The van der Waals surface area contributed by atoms with E-state index in [4.69, 9.17) is 9.47 Å². The van der Waals surface area contributed by atoms with Gasteiger partial charge in [-0.05, 0) is 18.6 Å². The zero-order valence-electron chi connectivity index (χ0n) is 16.4. The van der Waals surface area contributed by atoms with Crippen molar-refractivity contribution in [3.8, 4) is 11.6 Å². The van der Waals surface area contributed by atoms with E-state index < -0.39 is 10.8 Å². The number of methoxy groups -OCH3 is 1. The van der Waals surface area contributed by atoms with Gasteiger partial charge in [0, 0.05) is 38.1 Å². The molecule has 3 aromatic rings. The fraction of sp³-hybridized carbons (Fsp3) is 0.263. The van der Waals surface area contributed by atoms with Crippen molar-refractivity contribution < 1.29 is 19.2 Å². The summed E-state index contributed by atoms with van der Waals surface area (Å²) in [6.07, 6.45) is 1.61. The van der Waals surface area contributed by atoms with E-state index in [2.05, 4.69) is 20.6 Å². The average molecular weight is 412 g/mol.